The van der Waals surface area contributed by atoms with E-state index >= 15 is 0 Å². The molecule has 1 aromatic carbocycles. The Morgan fingerprint density at radius 2 is 2.10 bits per heavy atom. The highest BCUT2D eigenvalue weighted by Gasteiger charge is 2.15. The van der Waals surface area contributed by atoms with Gasteiger partial charge in [0.2, 0.25) is 0 Å². The van der Waals surface area contributed by atoms with E-state index in [1.807, 2.05) is 6.92 Å². The topological polar surface area (TPSA) is 42.0 Å². The van der Waals surface area contributed by atoms with Gasteiger partial charge in [0.15, 0.2) is 0 Å². The normalized spacial score (nSPS) is 10.7. The van der Waals surface area contributed by atoms with Crippen molar-refractivity contribution in [1.29, 1.82) is 0 Å². The molecule has 0 aliphatic rings. The molecule has 0 aliphatic carbocycles. The lowest BCUT2D eigenvalue weighted by Crippen LogP contribution is -2.23. The first-order valence-corrected chi connectivity index (χ1v) is 6.24. The number of nitrogens with zero attached hydrogens (tertiary/aromatic N) is 1. The summed E-state index contributed by atoms with van der Waals surface area (Å²) >= 11 is 0. The highest BCUT2D eigenvalue weighted by molar-refractivity contribution is 5.94. The standard InChI is InChI=1S/C15H13F3N2O/c1-9-4-5-19-7-11(9)8-20-15(21)10-2-3-12(14(17)18)13(16)6-10/h2-7,14H,8H2,1H3,(H,20,21). The molecule has 1 heterocycles. The summed E-state index contributed by atoms with van der Waals surface area (Å²) in [4.78, 5) is 15.8. The second-order valence-corrected chi connectivity index (χ2v) is 4.52. The number of amides is 1. The van der Waals surface area contributed by atoms with Crippen LogP contribution in [0.1, 0.15) is 33.5 Å². The van der Waals surface area contributed by atoms with E-state index in [1.54, 1.807) is 18.5 Å². The monoisotopic (exact) mass is 294 g/mol. The third-order valence-electron chi connectivity index (χ3n) is 3.08. The second-order valence-electron chi connectivity index (χ2n) is 4.52. The molecule has 1 aromatic heterocycles. The minimum absolute atomic E-state index is 0.00144. The molecule has 0 saturated heterocycles. The van der Waals surface area contributed by atoms with Gasteiger partial charge in [-0.15, -0.1) is 0 Å². The molecule has 0 aliphatic heterocycles. The van der Waals surface area contributed by atoms with E-state index in [1.165, 1.54) is 6.07 Å². The van der Waals surface area contributed by atoms with Crippen LogP contribution in [0.15, 0.2) is 36.7 Å². The van der Waals surface area contributed by atoms with Gasteiger partial charge < -0.3 is 5.32 Å². The number of benzene rings is 1. The maximum Gasteiger partial charge on any atom is 0.266 e. The fraction of sp³-hybridized carbons (Fsp3) is 0.200. The number of aromatic nitrogens is 1. The van der Waals surface area contributed by atoms with Gasteiger partial charge in [-0.3, -0.25) is 9.78 Å². The van der Waals surface area contributed by atoms with Gasteiger partial charge in [0.25, 0.3) is 12.3 Å². The minimum Gasteiger partial charge on any atom is -0.348 e. The molecule has 0 saturated carbocycles. The van der Waals surface area contributed by atoms with Crippen LogP contribution in [0.4, 0.5) is 13.2 Å². The van der Waals surface area contributed by atoms with E-state index in [-0.39, 0.29) is 12.1 Å². The molecule has 2 aromatic rings. The Bertz CT molecular complexity index is 659. The lowest BCUT2D eigenvalue weighted by atomic mass is 10.1. The Kier molecular flexibility index (Phi) is 4.57. The van der Waals surface area contributed by atoms with Crippen LogP contribution >= 0.6 is 0 Å². The predicted octanol–water partition coefficient (Wildman–Crippen LogP) is 3.40. The van der Waals surface area contributed by atoms with Gasteiger partial charge in [0, 0.05) is 24.5 Å². The molecule has 21 heavy (non-hydrogen) atoms. The number of aryl methyl sites for hydroxylation is 1. The van der Waals surface area contributed by atoms with Crippen LogP contribution in [-0.4, -0.2) is 10.9 Å². The van der Waals surface area contributed by atoms with E-state index < -0.39 is 23.7 Å². The summed E-state index contributed by atoms with van der Waals surface area (Å²) in [6.07, 6.45) is 0.356. The van der Waals surface area contributed by atoms with Gasteiger partial charge in [-0.1, -0.05) is 0 Å². The number of rotatable bonds is 4. The van der Waals surface area contributed by atoms with Crippen LogP contribution in [-0.2, 0) is 6.54 Å². The van der Waals surface area contributed by atoms with Gasteiger partial charge in [-0.25, -0.2) is 13.2 Å². The number of hydrogen-bond donors (Lipinski definition) is 1. The lowest BCUT2D eigenvalue weighted by molar-refractivity contribution is 0.0949. The zero-order chi connectivity index (χ0) is 15.4. The summed E-state index contributed by atoms with van der Waals surface area (Å²) < 4.78 is 38.3. The van der Waals surface area contributed by atoms with Gasteiger partial charge in [-0.2, -0.15) is 0 Å². The minimum atomic E-state index is -2.90. The molecule has 110 valence electrons. The van der Waals surface area contributed by atoms with Crippen molar-refractivity contribution in [3.05, 3.63) is 64.7 Å². The van der Waals surface area contributed by atoms with Gasteiger partial charge >= 0.3 is 0 Å². The fourth-order valence-corrected chi connectivity index (χ4v) is 1.80. The van der Waals surface area contributed by atoms with E-state index in [9.17, 15) is 18.0 Å². The molecule has 0 radical (unpaired) electrons. The Labute approximate surface area is 119 Å². The number of pyridine rings is 1. The van der Waals surface area contributed by atoms with Crippen molar-refractivity contribution in [3.63, 3.8) is 0 Å². The Morgan fingerprint density at radius 1 is 1.33 bits per heavy atom. The average molecular weight is 294 g/mol. The Hall–Kier alpha value is -2.37. The zero-order valence-electron chi connectivity index (χ0n) is 11.2. The summed E-state index contributed by atoms with van der Waals surface area (Å²) in [5, 5.41) is 2.60. The van der Waals surface area contributed by atoms with Crippen molar-refractivity contribution < 1.29 is 18.0 Å². The van der Waals surface area contributed by atoms with E-state index in [0.717, 1.165) is 23.3 Å². The summed E-state index contributed by atoms with van der Waals surface area (Å²) in [5.74, 6) is -1.62. The summed E-state index contributed by atoms with van der Waals surface area (Å²) in [5.41, 5.74) is 1.08. The number of alkyl halides is 2. The summed E-state index contributed by atoms with van der Waals surface area (Å²) in [7, 11) is 0. The maximum absolute atomic E-state index is 13.4. The molecular weight excluding hydrogens is 281 g/mol. The first kappa shape index (κ1) is 15.0. The predicted molar refractivity (Wildman–Crippen MR) is 71.5 cm³/mol. The zero-order valence-corrected chi connectivity index (χ0v) is 11.2. The molecule has 0 atom stereocenters. The number of hydrogen-bond acceptors (Lipinski definition) is 2. The number of halogens is 3. The van der Waals surface area contributed by atoms with E-state index in [2.05, 4.69) is 10.3 Å². The van der Waals surface area contributed by atoms with E-state index in [0.29, 0.717) is 0 Å². The molecule has 1 amide bonds. The quantitative estimate of drug-likeness (QED) is 0.939. The highest BCUT2D eigenvalue weighted by Crippen LogP contribution is 2.22. The SMILES string of the molecule is Cc1ccncc1CNC(=O)c1ccc(C(F)F)c(F)c1. The van der Waals surface area contributed by atoms with Crippen LogP contribution in [0.5, 0.6) is 0 Å². The van der Waals surface area contributed by atoms with Crippen LogP contribution in [0.25, 0.3) is 0 Å². The van der Waals surface area contributed by atoms with Crippen LogP contribution in [0.3, 0.4) is 0 Å². The molecule has 0 bridgehead atoms. The molecule has 0 spiro atoms. The van der Waals surface area contributed by atoms with E-state index in [4.69, 9.17) is 0 Å². The van der Waals surface area contributed by atoms with Crippen LogP contribution in [0, 0.1) is 12.7 Å². The van der Waals surface area contributed by atoms with Gasteiger partial charge in [0.1, 0.15) is 5.82 Å². The third-order valence-corrected chi connectivity index (χ3v) is 3.08. The smallest absolute Gasteiger partial charge is 0.266 e. The Balaban J connectivity index is 2.07. The van der Waals surface area contributed by atoms with Crippen molar-refractivity contribution in [2.24, 2.45) is 0 Å². The molecule has 1 N–H and O–H groups in total. The highest BCUT2D eigenvalue weighted by atomic mass is 19.3. The molecular formula is C15H13F3N2O. The molecule has 0 fully saturated rings. The maximum atomic E-state index is 13.4. The number of carbonyl (C=O) groups is 1. The molecule has 6 heteroatoms. The fourth-order valence-electron chi connectivity index (χ4n) is 1.80. The molecule has 3 nitrogen and oxygen atoms in total. The molecule has 0 unspecified atom stereocenters. The summed E-state index contributed by atoms with van der Waals surface area (Å²) in [6.45, 7) is 2.11. The largest absolute Gasteiger partial charge is 0.348 e. The summed E-state index contributed by atoms with van der Waals surface area (Å²) in [6, 6.07) is 4.71. The number of nitrogens with one attached hydrogen (secondary N) is 1. The van der Waals surface area contributed by atoms with Crippen LogP contribution < -0.4 is 5.32 Å². The molecule has 2 rings (SSSR count). The first-order valence-electron chi connectivity index (χ1n) is 6.24. The third kappa shape index (κ3) is 3.59. The van der Waals surface area contributed by atoms with Crippen molar-refractivity contribution in [2.45, 2.75) is 19.9 Å². The Morgan fingerprint density at radius 3 is 2.71 bits per heavy atom. The van der Waals surface area contributed by atoms with Crippen LogP contribution in [0.2, 0.25) is 0 Å². The van der Waals surface area contributed by atoms with Crippen molar-refractivity contribution in [3.8, 4) is 0 Å². The van der Waals surface area contributed by atoms with Crippen molar-refractivity contribution >= 4 is 5.91 Å². The average Bonchev–Trinajstić information content (AvgIpc) is 2.45. The van der Waals surface area contributed by atoms with Crippen molar-refractivity contribution in [2.75, 3.05) is 0 Å². The first-order chi connectivity index (χ1) is 9.99. The van der Waals surface area contributed by atoms with Gasteiger partial charge in [-0.05, 0) is 42.3 Å². The lowest BCUT2D eigenvalue weighted by Gasteiger charge is -2.08. The number of carbonyl (C=O) groups excluding carboxylic acids is 1. The van der Waals surface area contributed by atoms with Crippen molar-refractivity contribution in [1.82, 2.24) is 10.3 Å². The van der Waals surface area contributed by atoms with Gasteiger partial charge in [0.05, 0.1) is 5.56 Å². The second kappa shape index (κ2) is 6.39.